The first kappa shape index (κ1) is 28.5. The third-order valence-corrected chi connectivity index (χ3v) is 7.07. The van der Waals surface area contributed by atoms with Crippen molar-refractivity contribution >= 4 is 35.0 Å². The summed E-state index contributed by atoms with van der Waals surface area (Å²) in [5.74, 6) is 0.0614. The van der Waals surface area contributed by atoms with Gasteiger partial charge in [-0.25, -0.2) is 0 Å². The number of benzene rings is 3. The molecule has 3 rings (SSSR count). The number of hydrogen-bond acceptors (Lipinski definition) is 3. The molecule has 0 aliphatic rings. The molecule has 0 saturated carbocycles. The molecular formula is C30H34Cl2N2O3. The van der Waals surface area contributed by atoms with Crippen molar-refractivity contribution in [2.75, 3.05) is 6.61 Å². The van der Waals surface area contributed by atoms with E-state index in [1.165, 1.54) is 4.90 Å². The van der Waals surface area contributed by atoms with Crippen LogP contribution in [0.25, 0.3) is 0 Å². The number of nitrogens with one attached hydrogen (secondary N) is 1. The summed E-state index contributed by atoms with van der Waals surface area (Å²) in [4.78, 5) is 28.9. The van der Waals surface area contributed by atoms with Crippen molar-refractivity contribution in [3.05, 3.63) is 99.0 Å². The highest BCUT2D eigenvalue weighted by Crippen LogP contribution is 2.27. The summed E-state index contributed by atoms with van der Waals surface area (Å²) in [6.07, 6.45) is 1.10. The number of amides is 2. The quantitative estimate of drug-likeness (QED) is 0.300. The Balaban J connectivity index is 1.98. The summed E-state index contributed by atoms with van der Waals surface area (Å²) in [6.45, 7) is 7.68. The Morgan fingerprint density at radius 3 is 2.30 bits per heavy atom. The van der Waals surface area contributed by atoms with Crippen LogP contribution in [0.3, 0.4) is 0 Å². The van der Waals surface area contributed by atoms with Gasteiger partial charge in [-0.05, 0) is 62.1 Å². The second kappa shape index (κ2) is 13.5. The third kappa shape index (κ3) is 7.98. The van der Waals surface area contributed by atoms with Crippen molar-refractivity contribution in [1.29, 1.82) is 0 Å². The van der Waals surface area contributed by atoms with Crippen LogP contribution in [0.1, 0.15) is 42.5 Å². The van der Waals surface area contributed by atoms with E-state index in [1.54, 1.807) is 18.2 Å². The van der Waals surface area contributed by atoms with Crippen LogP contribution in [0.2, 0.25) is 10.0 Å². The minimum absolute atomic E-state index is 0.0437. The topological polar surface area (TPSA) is 58.6 Å². The van der Waals surface area contributed by atoms with Gasteiger partial charge in [0.25, 0.3) is 5.91 Å². The molecule has 5 nitrogen and oxygen atoms in total. The summed E-state index contributed by atoms with van der Waals surface area (Å²) in [5, 5.41) is 3.91. The summed E-state index contributed by atoms with van der Waals surface area (Å²) < 4.78 is 5.95. The number of hydrogen-bond donors (Lipinski definition) is 1. The fourth-order valence-corrected chi connectivity index (χ4v) is 4.45. The zero-order chi connectivity index (χ0) is 26.9. The third-order valence-electron chi connectivity index (χ3n) is 6.36. The number of carbonyl (C=O) groups excluding carboxylic acids is 2. The van der Waals surface area contributed by atoms with Crippen LogP contribution in [-0.4, -0.2) is 35.4 Å². The first-order chi connectivity index (χ1) is 17.7. The molecule has 7 heteroatoms. The lowest BCUT2D eigenvalue weighted by molar-refractivity contribution is -0.143. The molecule has 1 N–H and O–H groups in total. The van der Waals surface area contributed by atoms with E-state index in [4.69, 9.17) is 27.9 Å². The van der Waals surface area contributed by atoms with Crippen molar-refractivity contribution in [3.8, 4) is 5.75 Å². The molecule has 0 heterocycles. The molecule has 3 aromatic rings. The Hall–Kier alpha value is -3.02. The number of nitrogens with zero attached hydrogens (tertiary/aromatic N) is 1. The molecule has 0 saturated heterocycles. The Morgan fingerprint density at radius 2 is 1.65 bits per heavy atom. The van der Waals surface area contributed by atoms with Gasteiger partial charge < -0.3 is 15.0 Å². The first-order valence-electron chi connectivity index (χ1n) is 12.5. The monoisotopic (exact) mass is 540 g/mol. The van der Waals surface area contributed by atoms with Gasteiger partial charge in [-0.1, -0.05) is 78.7 Å². The highest BCUT2D eigenvalue weighted by atomic mass is 35.5. The lowest BCUT2D eigenvalue weighted by Gasteiger charge is -2.32. The number of aryl methyl sites for hydroxylation is 2. The minimum atomic E-state index is -0.793. The molecule has 0 fully saturated rings. The Bertz CT molecular complexity index is 1200. The summed E-state index contributed by atoms with van der Waals surface area (Å²) in [5.41, 5.74) is 3.47. The van der Waals surface area contributed by atoms with Crippen molar-refractivity contribution < 1.29 is 14.3 Å². The number of ether oxygens (including phenoxy) is 1. The van der Waals surface area contributed by atoms with Gasteiger partial charge >= 0.3 is 0 Å². The standard InChI is InChI=1S/C30H34Cl2N2O3/c1-5-22(4)33-30(36)27(17-23-10-7-6-8-11-23)34(18-24-25(31)12-9-13-26(24)32)29(35)19-37-28-16-20(2)14-15-21(28)3/h6-16,22,27H,5,17-19H2,1-4H3,(H,33,36). The maximum Gasteiger partial charge on any atom is 0.261 e. The molecule has 0 aromatic heterocycles. The molecule has 2 unspecified atom stereocenters. The maximum absolute atomic E-state index is 13.8. The molecule has 196 valence electrons. The molecule has 0 radical (unpaired) electrons. The highest BCUT2D eigenvalue weighted by molar-refractivity contribution is 6.36. The summed E-state index contributed by atoms with van der Waals surface area (Å²) in [7, 11) is 0. The van der Waals surface area contributed by atoms with E-state index in [-0.39, 0.29) is 31.0 Å². The van der Waals surface area contributed by atoms with E-state index in [2.05, 4.69) is 5.32 Å². The van der Waals surface area contributed by atoms with E-state index in [0.717, 1.165) is 23.1 Å². The summed E-state index contributed by atoms with van der Waals surface area (Å²) >= 11 is 13.0. The van der Waals surface area contributed by atoms with Crippen molar-refractivity contribution in [3.63, 3.8) is 0 Å². The van der Waals surface area contributed by atoms with Crippen molar-refractivity contribution in [1.82, 2.24) is 10.2 Å². The van der Waals surface area contributed by atoms with Crippen molar-refractivity contribution in [2.24, 2.45) is 0 Å². The van der Waals surface area contributed by atoms with Crippen LogP contribution >= 0.6 is 23.2 Å². The molecule has 2 atom stereocenters. The summed E-state index contributed by atoms with van der Waals surface area (Å²) in [6, 6.07) is 19.8. The minimum Gasteiger partial charge on any atom is -0.483 e. The van der Waals surface area contributed by atoms with E-state index in [1.807, 2.05) is 76.2 Å². The number of rotatable bonds is 11. The van der Waals surface area contributed by atoms with Gasteiger partial charge in [-0.2, -0.15) is 0 Å². The van der Waals surface area contributed by atoms with Crippen LogP contribution in [0, 0.1) is 13.8 Å². The Morgan fingerprint density at radius 1 is 0.973 bits per heavy atom. The predicted octanol–water partition coefficient (Wildman–Crippen LogP) is 6.54. The predicted molar refractivity (Wildman–Crippen MR) is 150 cm³/mol. The maximum atomic E-state index is 13.8. The van der Waals surface area contributed by atoms with Crippen LogP contribution in [-0.2, 0) is 22.6 Å². The van der Waals surface area contributed by atoms with Gasteiger partial charge in [0.2, 0.25) is 5.91 Å². The fourth-order valence-electron chi connectivity index (χ4n) is 3.93. The second-order valence-electron chi connectivity index (χ2n) is 9.30. The van der Waals surface area contributed by atoms with Gasteiger partial charge in [0, 0.05) is 34.6 Å². The van der Waals surface area contributed by atoms with Gasteiger partial charge in [-0.15, -0.1) is 0 Å². The highest BCUT2D eigenvalue weighted by Gasteiger charge is 2.32. The van der Waals surface area contributed by atoms with E-state index in [0.29, 0.717) is 27.8 Å². The zero-order valence-electron chi connectivity index (χ0n) is 21.8. The van der Waals surface area contributed by atoms with E-state index in [9.17, 15) is 9.59 Å². The van der Waals surface area contributed by atoms with Gasteiger partial charge in [-0.3, -0.25) is 9.59 Å². The van der Waals surface area contributed by atoms with Crippen LogP contribution in [0.15, 0.2) is 66.7 Å². The fraction of sp³-hybridized carbons (Fsp3) is 0.333. The molecular weight excluding hydrogens is 507 g/mol. The SMILES string of the molecule is CCC(C)NC(=O)C(Cc1ccccc1)N(Cc1c(Cl)cccc1Cl)C(=O)COc1cc(C)ccc1C. The Kier molecular flexibility index (Phi) is 10.4. The average molecular weight is 542 g/mol. The zero-order valence-corrected chi connectivity index (χ0v) is 23.3. The van der Waals surface area contributed by atoms with Crippen molar-refractivity contribution in [2.45, 2.75) is 59.2 Å². The van der Waals surface area contributed by atoms with Gasteiger partial charge in [0.15, 0.2) is 6.61 Å². The second-order valence-corrected chi connectivity index (χ2v) is 10.1. The first-order valence-corrected chi connectivity index (χ1v) is 13.2. The van der Waals surface area contributed by atoms with Crippen LogP contribution in [0.4, 0.5) is 0 Å². The van der Waals surface area contributed by atoms with Crippen LogP contribution in [0.5, 0.6) is 5.75 Å². The molecule has 2 amide bonds. The lowest BCUT2D eigenvalue weighted by Crippen LogP contribution is -2.53. The lowest BCUT2D eigenvalue weighted by atomic mass is 10.0. The number of halogens is 2. The smallest absolute Gasteiger partial charge is 0.261 e. The molecule has 37 heavy (non-hydrogen) atoms. The largest absolute Gasteiger partial charge is 0.483 e. The molecule has 3 aromatic carbocycles. The molecule has 0 aliphatic heterocycles. The van der Waals surface area contributed by atoms with Gasteiger partial charge in [0.05, 0.1) is 0 Å². The normalized spacial score (nSPS) is 12.5. The van der Waals surface area contributed by atoms with Gasteiger partial charge in [0.1, 0.15) is 11.8 Å². The van der Waals surface area contributed by atoms with E-state index >= 15 is 0 Å². The van der Waals surface area contributed by atoms with Crippen LogP contribution < -0.4 is 10.1 Å². The van der Waals surface area contributed by atoms with E-state index < -0.39 is 6.04 Å². The average Bonchev–Trinajstić information content (AvgIpc) is 2.88. The molecule has 0 bridgehead atoms. The molecule has 0 spiro atoms. The Labute approximate surface area is 229 Å². The molecule has 0 aliphatic carbocycles. The number of carbonyl (C=O) groups is 2.